The molecule has 0 atom stereocenters. The van der Waals surface area contributed by atoms with Crippen LogP contribution in [-0.4, -0.2) is 18.9 Å². The van der Waals surface area contributed by atoms with Crippen LogP contribution in [0, 0.1) is 12.3 Å². The summed E-state index contributed by atoms with van der Waals surface area (Å²) >= 11 is 0. The van der Waals surface area contributed by atoms with E-state index in [0.29, 0.717) is 6.04 Å². The van der Waals surface area contributed by atoms with E-state index < -0.39 is 0 Å². The lowest BCUT2D eigenvalue weighted by atomic mass is 10.1. The second kappa shape index (κ2) is 3.57. The molecular formula is C12H17N3. The SMILES string of the molecule is Cc1ccc(C(=N)N)c(N(C)C2CC2)c1. The van der Waals surface area contributed by atoms with Gasteiger partial charge in [-0.2, -0.15) is 0 Å². The van der Waals surface area contributed by atoms with Crippen LogP contribution in [0.5, 0.6) is 0 Å². The minimum Gasteiger partial charge on any atom is -0.384 e. The molecule has 15 heavy (non-hydrogen) atoms. The highest BCUT2D eigenvalue weighted by atomic mass is 15.2. The van der Waals surface area contributed by atoms with Crippen molar-refractivity contribution in [3.05, 3.63) is 29.3 Å². The number of amidine groups is 1. The Kier molecular flexibility index (Phi) is 2.39. The number of anilines is 1. The Bertz CT molecular complexity index is 394. The largest absolute Gasteiger partial charge is 0.384 e. The van der Waals surface area contributed by atoms with Crippen molar-refractivity contribution in [1.29, 1.82) is 5.41 Å². The van der Waals surface area contributed by atoms with Gasteiger partial charge in [0.05, 0.1) is 0 Å². The topological polar surface area (TPSA) is 53.1 Å². The first-order valence-electron chi connectivity index (χ1n) is 5.27. The number of hydrogen-bond acceptors (Lipinski definition) is 2. The summed E-state index contributed by atoms with van der Waals surface area (Å²) in [7, 11) is 2.08. The van der Waals surface area contributed by atoms with Gasteiger partial charge in [0.15, 0.2) is 0 Å². The average molecular weight is 203 g/mol. The van der Waals surface area contributed by atoms with Gasteiger partial charge in [-0.15, -0.1) is 0 Å². The first kappa shape index (κ1) is 10.0. The zero-order valence-corrected chi connectivity index (χ0v) is 9.25. The second-order valence-corrected chi connectivity index (χ2v) is 4.28. The molecule has 3 heteroatoms. The number of benzene rings is 1. The van der Waals surface area contributed by atoms with Gasteiger partial charge in [0, 0.05) is 24.3 Å². The summed E-state index contributed by atoms with van der Waals surface area (Å²) in [6, 6.07) is 6.69. The van der Waals surface area contributed by atoms with E-state index in [9.17, 15) is 0 Å². The Balaban J connectivity index is 2.41. The molecule has 0 radical (unpaired) electrons. The van der Waals surface area contributed by atoms with Crippen molar-refractivity contribution in [2.75, 3.05) is 11.9 Å². The zero-order valence-electron chi connectivity index (χ0n) is 9.25. The van der Waals surface area contributed by atoms with Crippen molar-refractivity contribution in [3.63, 3.8) is 0 Å². The highest BCUT2D eigenvalue weighted by Crippen LogP contribution is 2.32. The second-order valence-electron chi connectivity index (χ2n) is 4.28. The lowest BCUT2D eigenvalue weighted by molar-refractivity contribution is 0.914. The van der Waals surface area contributed by atoms with E-state index >= 15 is 0 Å². The molecule has 1 aliphatic carbocycles. The Labute approximate surface area is 90.4 Å². The third kappa shape index (κ3) is 1.96. The van der Waals surface area contributed by atoms with Crippen LogP contribution >= 0.6 is 0 Å². The molecular weight excluding hydrogens is 186 g/mol. The maximum atomic E-state index is 7.55. The van der Waals surface area contributed by atoms with Crippen molar-refractivity contribution in [2.24, 2.45) is 5.73 Å². The molecule has 1 aromatic carbocycles. The fourth-order valence-corrected chi connectivity index (χ4v) is 1.82. The van der Waals surface area contributed by atoms with Crippen LogP contribution in [0.2, 0.25) is 0 Å². The highest BCUT2D eigenvalue weighted by Gasteiger charge is 2.27. The quantitative estimate of drug-likeness (QED) is 0.582. The normalized spacial score (nSPS) is 15.1. The van der Waals surface area contributed by atoms with Gasteiger partial charge in [0.2, 0.25) is 0 Å². The maximum absolute atomic E-state index is 7.55. The summed E-state index contributed by atoms with van der Waals surface area (Å²) in [6.45, 7) is 2.06. The highest BCUT2D eigenvalue weighted by molar-refractivity contribution is 6.00. The predicted molar refractivity (Wildman–Crippen MR) is 63.6 cm³/mol. The number of nitrogen functional groups attached to an aromatic ring is 1. The van der Waals surface area contributed by atoms with Crippen LogP contribution in [0.1, 0.15) is 24.0 Å². The van der Waals surface area contributed by atoms with Gasteiger partial charge in [-0.1, -0.05) is 6.07 Å². The molecule has 80 valence electrons. The van der Waals surface area contributed by atoms with Crippen LogP contribution in [-0.2, 0) is 0 Å². The first-order valence-corrected chi connectivity index (χ1v) is 5.27. The average Bonchev–Trinajstić information content (AvgIpc) is 2.99. The lowest BCUT2D eigenvalue weighted by Crippen LogP contribution is -2.24. The Hall–Kier alpha value is -1.51. The van der Waals surface area contributed by atoms with Gasteiger partial charge in [0.1, 0.15) is 5.84 Å². The fourth-order valence-electron chi connectivity index (χ4n) is 1.82. The van der Waals surface area contributed by atoms with Crippen molar-refractivity contribution >= 4 is 11.5 Å². The predicted octanol–water partition coefficient (Wildman–Crippen LogP) is 1.88. The van der Waals surface area contributed by atoms with Crippen LogP contribution < -0.4 is 10.6 Å². The number of aryl methyl sites for hydroxylation is 1. The van der Waals surface area contributed by atoms with Crippen LogP contribution in [0.4, 0.5) is 5.69 Å². The molecule has 1 saturated carbocycles. The molecule has 0 amide bonds. The molecule has 3 nitrogen and oxygen atoms in total. The van der Waals surface area contributed by atoms with E-state index in [1.165, 1.54) is 18.4 Å². The molecule has 0 spiro atoms. The lowest BCUT2D eigenvalue weighted by Gasteiger charge is -2.22. The number of hydrogen-bond donors (Lipinski definition) is 2. The molecule has 0 aromatic heterocycles. The molecule has 0 unspecified atom stereocenters. The maximum Gasteiger partial charge on any atom is 0.124 e. The zero-order chi connectivity index (χ0) is 11.0. The van der Waals surface area contributed by atoms with Crippen LogP contribution in [0.3, 0.4) is 0 Å². The van der Waals surface area contributed by atoms with Crippen LogP contribution in [0.25, 0.3) is 0 Å². The standard InChI is InChI=1S/C12H17N3/c1-8-3-6-10(12(13)14)11(7-8)15(2)9-4-5-9/h3,6-7,9H,4-5H2,1-2H3,(H3,13,14). The van der Waals surface area contributed by atoms with Crippen molar-refractivity contribution < 1.29 is 0 Å². The summed E-state index contributed by atoms with van der Waals surface area (Å²) in [5, 5.41) is 7.55. The minimum atomic E-state index is 0.150. The molecule has 2 rings (SSSR count). The van der Waals surface area contributed by atoms with Gasteiger partial charge in [-0.3, -0.25) is 5.41 Å². The summed E-state index contributed by atoms with van der Waals surface area (Å²) in [5.41, 5.74) is 8.72. The van der Waals surface area contributed by atoms with Gasteiger partial charge >= 0.3 is 0 Å². The van der Waals surface area contributed by atoms with Crippen molar-refractivity contribution in [2.45, 2.75) is 25.8 Å². The molecule has 3 N–H and O–H groups in total. The Morgan fingerprint density at radius 3 is 2.67 bits per heavy atom. The molecule has 1 fully saturated rings. The number of nitrogens with two attached hydrogens (primary N) is 1. The summed E-state index contributed by atoms with van der Waals surface area (Å²) < 4.78 is 0. The van der Waals surface area contributed by atoms with Gasteiger partial charge < -0.3 is 10.6 Å². The number of nitrogens with zero attached hydrogens (tertiary/aromatic N) is 1. The minimum absolute atomic E-state index is 0.150. The molecule has 1 aromatic rings. The molecule has 0 bridgehead atoms. The van der Waals surface area contributed by atoms with E-state index in [1.807, 2.05) is 12.1 Å². The van der Waals surface area contributed by atoms with Gasteiger partial charge in [-0.25, -0.2) is 0 Å². The Morgan fingerprint density at radius 2 is 2.13 bits per heavy atom. The Morgan fingerprint density at radius 1 is 1.47 bits per heavy atom. The summed E-state index contributed by atoms with van der Waals surface area (Å²) in [6.07, 6.45) is 2.50. The smallest absolute Gasteiger partial charge is 0.124 e. The molecule has 0 saturated heterocycles. The summed E-state index contributed by atoms with van der Waals surface area (Å²) in [4.78, 5) is 2.24. The van der Waals surface area contributed by atoms with Crippen molar-refractivity contribution in [1.82, 2.24) is 0 Å². The number of nitrogens with one attached hydrogen (secondary N) is 1. The summed E-state index contributed by atoms with van der Waals surface area (Å²) in [5.74, 6) is 0.150. The fraction of sp³-hybridized carbons (Fsp3) is 0.417. The van der Waals surface area contributed by atoms with Crippen molar-refractivity contribution in [3.8, 4) is 0 Å². The third-order valence-corrected chi connectivity index (χ3v) is 2.92. The first-order chi connectivity index (χ1) is 7.09. The molecule has 0 heterocycles. The number of rotatable bonds is 3. The van der Waals surface area contributed by atoms with E-state index in [-0.39, 0.29) is 5.84 Å². The van der Waals surface area contributed by atoms with E-state index in [2.05, 4.69) is 24.9 Å². The van der Waals surface area contributed by atoms with E-state index in [0.717, 1.165) is 11.3 Å². The monoisotopic (exact) mass is 203 g/mol. The van der Waals surface area contributed by atoms with E-state index in [4.69, 9.17) is 11.1 Å². The van der Waals surface area contributed by atoms with Crippen LogP contribution in [0.15, 0.2) is 18.2 Å². The van der Waals surface area contributed by atoms with E-state index in [1.54, 1.807) is 0 Å². The van der Waals surface area contributed by atoms with Gasteiger partial charge in [0.25, 0.3) is 0 Å². The molecule has 0 aliphatic heterocycles. The third-order valence-electron chi connectivity index (χ3n) is 2.92. The molecule has 1 aliphatic rings. The van der Waals surface area contributed by atoms with Gasteiger partial charge in [-0.05, 0) is 37.5 Å².